The number of nitrogens with one attached hydrogen (secondary N) is 1. The highest BCUT2D eigenvalue weighted by atomic mass is 16.5. The van der Waals surface area contributed by atoms with Crippen molar-refractivity contribution >= 4 is 5.69 Å². The summed E-state index contributed by atoms with van der Waals surface area (Å²) in [7, 11) is 0. The minimum Gasteiger partial charge on any atom is -0.492 e. The normalized spacial score (nSPS) is 22.9. The summed E-state index contributed by atoms with van der Waals surface area (Å²) in [4.78, 5) is 0. The Bertz CT molecular complexity index is 433. The smallest absolute Gasteiger partial charge is 0.142 e. The molecule has 1 N–H and O–H groups in total. The maximum absolute atomic E-state index is 5.71. The second-order valence-electron chi connectivity index (χ2n) is 6.96. The number of hydrogen-bond acceptors (Lipinski definition) is 2. The molecule has 1 fully saturated rings. The number of ether oxygens (including phenoxy) is 1. The molecule has 1 aliphatic rings. The summed E-state index contributed by atoms with van der Waals surface area (Å²) in [5.41, 5.74) is 1.64. The van der Waals surface area contributed by atoms with E-state index in [1.807, 2.05) is 13.0 Å². The van der Waals surface area contributed by atoms with Gasteiger partial charge >= 0.3 is 0 Å². The summed E-state index contributed by atoms with van der Waals surface area (Å²) in [6.07, 6.45) is 6.51. The molecule has 2 rings (SSSR count). The monoisotopic (exact) mass is 289 g/mol. The molecule has 0 aromatic heterocycles. The van der Waals surface area contributed by atoms with Crippen molar-refractivity contribution in [2.24, 2.45) is 11.3 Å². The maximum Gasteiger partial charge on any atom is 0.142 e. The maximum atomic E-state index is 5.71. The molecular weight excluding hydrogens is 258 g/mol. The first kappa shape index (κ1) is 16.2. The van der Waals surface area contributed by atoms with E-state index in [0.29, 0.717) is 11.5 Å². The summed E-state index contributed by atoms with van der Waals surface area (Å²) >= 11 is 0. The summed E-state index contributed by atoms with van der Waals surface area (Å²) in [6, 6.07) is 8.90. The molecule has 0 heterocycles. The molecule has 1 saturated carbocycles. The quantitative estimate of drug-likeness (QED) is 0.747. The lowest BCUT2D eigenvalue weighted by atomic mass is 9.69. The first-order valence-electron chi connectivity index (χ1n) is 8.55. The number of benzene rings is 1. The lowest BCUT2D eigenvalue weighted by molar-refractivity contribution is 0.147. The fourth-order valence-corrected chi connectivity index (χ4v) is 3.40. The van der Waals surface area contributed by atoms with Gasteiger partial charge in [-0.2, -0.15) is 0 Å². The van der Waals surface area contributed by atoms with Gasteiger partial charge in [-0.05, 0) is 56.1 Å². The van der Waals surface area contributed by atoms with Crippen LogP contribution in [0.25, 0.3) is 0 Å². The predicted molar refractivity (Wildman–Crippen MR) is 91.1 cm³/mol. The third-order valence-electron chi connectivity index (χ3n) is 5.29. The lowest BCUT2D eigenvalue weighted by Gasteiger charge is -2.39. The molecule has 0 saturated heterocycles. The van der Waals surface area contributed by atoms with Crippen LogP contribution in [-0.2, 0) is 0 Å². The zero-order valence-electron chi connectivity index (χ0n) is 14.1. The van der Waals surface area contributed by atoms with Gasteiger partial charge in [0.1, 0.15) is 5.75 Å². The Kier molecular flexibility index (Phi) is 5.55. The van der Waals surface area contributed by atoms with Gasteiger partial charge in [0.05, 0.1) is 12.3 Å². The molecule has 0 atom stereocenters. The van der Waals surface area contributed by atoms with Crippen LogP contribution in [0.5, 0.6) is 5.75 Å². The molecule has 0 amide bonds. The Balaban J connectivity index is 1.92. The Hall–Kier alpha value is -1.18. The molecule has 1 aliphatic carbocycles. The van der Waals surface area contributed by atoms with Gasteiger partial charge in [-0.3, -0.25) is 0 Å². The second kappa shape index (κ2) is 7.20. The minimum atomic E-state index is 0.494. The Morgan fingerprint density at radius 2 is 1.76 bits per heavy atom. The summed E-state index contributed by atoms with van der Waals surface area (Å²) in [6.45, 7) is 9.93. The molecule has 0 aliphatic heterocycles. The number of para-hydroxylation sites is 2. The summed E-state index contributed by atoms with van der Waals surface area (Å²) < 4.78 is 5.71. The molecule has 118 valence electrons. The van der Waals surface area contributed by atoms with E-state index < -0.39 is 0 Å². The standard InChI is InChI=1S/C19H31NO/c1-5-19(3,4)15-11-13-16(14-12-15)20-17-9-7-8-10-18(17)21-6-2/h7-10,15-16,20H,5-6,11-14H2,1-4H3. The topological polar surface area (TPSA) is 21.3 Å². The van der Waals surface area contributed by atoms with Gasteiger partial charge in [-0.15, -0.1) is 0 Å². The van der Waals surface area contributed by atoms with E-state index in [1.165, 1.54) is 32.1 Å². The van der Waals surface area contributed by atoms with Crippen LogP contribution in [0.3, 0.4) is 0 Å². The van der Waals surface area contributed by atoms with Crippen molar-refractivity contribution in [2.45, 2.75) is 65.8 Å². The third kappa shape index (κ3) is 4.15. The van der Waals surface area contributed by atoms with E-state index in [1.54, 1.807) is 0 Å². The first-order chi connectivity index (χ1) is 10.1. The van der Waals surface area contributed by atoms with Gasteiger partial charge < -0.3 is 10.1 Å². The minimum absolute atomic E-state index is 0.494. The fraction of sp³-hybridized carbons (Fsp3) is 0.684. The Morgan fingerprint density at radius 3 is 2.38 bits per heavy atom. The zero-order chi connectivity index (χ0) is 15.3. The highest BCUT2D eigenvalue weighted by Crippen LogP contribution is 2.41. The van der Waals surface area contributed by atoms with Crippen LogP contribution in [-0.4, -0.2) is 12.6 Å². The van der Waals surface area contributed by atoms with E-state index >= 15 is 0 Å². The van der Waals surface area contributed by atoms with Crippen molar-refractivity contribution in [3.8, 4) is 5.75 Å². The van der Waals surface area contributed by atoms with Gasteiger partial charge in [0.15, 0.2) is 0 Å². The SMILES string of the molecule is CCOc1ccccc1NC1CCC(C(C)(C)CC)CC1. The average Bonchev–Trinajstić information content (AvgIpc) is 2.50. The molecule has 0 radical (unpaired) electrons. The molecule has 2 heteroatoms. The molecule has 0 unspecified atom stereocenters. The molecule has 0 bridgehead atoms. The van der Waals surface area contributed by atoms with E-state index in [0.717, 1.165) is 24.0 Å². The highest BCUT2D eigenvalue weighted by molar-refractivity contribution is 5.56. The van der Waals surface area contributed by atoms with Crippen LogP contribution in [0.2, 0.25) is 0 Å². The first-order valence-corrected chi connectivity index (χ1v) is 8.55. The second-order valence-corrected chi connectivity index (χ2v) is 6.96. The van der Waals surface area contributed by atoms with Crippen molar-refractivity contribution in [3.63, 3.8) is 0 Å². The highest BCUT2D eigenvalue weighted by Gasteiger charge is 2.31. The number of anilines is 1. The lowest BCUT2D eigenvalue weighted by Crippen LogP contribution is -2.32. The predicted octanol–water partition coefficient (Wildman–Crippen LogP) is 5.49. The van der Waals surface area contributed by atoms with Crippen LogP contribution in [0.4, 0.5) is 5.69 Å². The average molecular weight is 289 g/mol. The summed E-state index contributed by atoms with van der Waals surface area (Å²) in [5.74, 6) is 1.86. The third-order valence-corrected chi connectivity index (χ3v) is 5.29. The van der Waals surface area contributed by atoms with E-state index in [4.69, 9.17) is 4.74 Å². The molecule has 1 aromatic carbocycles. The van der Waals surface area contributed by atoms with Crippen LogP contribution in [0.15, 0.2) is 24.3 Å². The van der Waals surface area contributed by atoms with Crippen LogP contribution in [0.1, 0.15) is 59.8 Å². The molecular formula is C19H31NO. The molecule has 2 nitrogen and oxygen atoms in total. The van der Waals surface area contributed by atoms with Gasteiger partial charge in [0, 0.05) is 6.04 Å². The van der Waals surface area contributed by atoms with Crippen LogP contribution < -0.4 is 10.1 Å². The molecule has 21 heavy (non-hydrogen) atoms. The van der Waals surface area contributed by atoms with Gasteiger partial charge in [-0.25, -0.2) is 0 Å². The largest absolute Gasteiger partial charge is 0.492 e. The Morgan fingerprint density at radius 1 is 1.10 bits per heavy atom. The van der Waals surface area contributed by atoms with E-state index in [2.05, 4.69) is 44.3 Å². The van der Waals surface area contributed by atoms with E-state index in [9.17, 15) is 0 Å². The van der Waals surface area contributed by atoms with Crippen molar-refractivity contribution in [1.82, 2.24) is 0 Å². The van der Waals surface area contributed by atoms with E-state index in [-0.39, 0.29) is 0 Å². The summed E-state index contributed by atoms with van der Waals surface area (Å²) in [5, 5.41) is 3.70. The van der Waals surface area contributed by atoms with Gasteiger partial charge in [0.2, 0.25) is 0 Å². The van der Waals surface area contributed by atoms with Crippen molar-refractivity contribution in [1.29, 1.82) is 0 Å². The van der Waals surface area contributed by atoms with Crippen molar-refractivity contribution in [2.75, 3.05) is 11.9 Å². The molecule has 1 aromatic rings. The van der Waals surface area contributed by atoms with Crippen molar-refractivity contribution in [3.05, 3.63) is 24.3 Å². The number of hydrogen-bond donors (Lipinski definition) is 1. The van der Waals surface area contributed by atoms with Crippen molar-refractivity contribution < 1.29 is 4.74 Å². The Labute approximate surface area is 130 Å². The van der Waals surface area contributed by atoms with Gasteiger partial charge in [0.25, 0.3) is 0 Å². The van der Waals surface area contributed by atoms with Crippen LogP contribution in [0, 0.1) is 11.3 Å². The van der Waals surface area contributed by atoms with Crippen LogP contribution >= 0.6 is 0 Å². The zero-order valence-corrected chi connectivity index (χ0v) is 14.1. The molecule has 0 spiro atoms. The fourth-order valence-electron chi connectivity index (χ4n) is 3.40. The van der Waals surface area contributed by atoms with Gasteiger partial charge in [-0.1, -0.05) is 39.3 Å². The number of rotatable bonds is 6.